The zero-order valence-electron chi connectivity index (χ0n) is 2.83. The summed E-state index contributed by atoms with van der Waals surface area (Å²) < 4.78 is 3.75. The molecular formula is C2H3O3P. The molecule has 0 amide bonds. The van der Waals surface area contributed by atoms with Crippen molar-refractivity contribution in [3.63, 3.8) is 0 Å². The highest BCUT2D eigenvalue weighted by molar-refractivity contribution is 7.39. The van der Waals surface area contributed by atoms with Crippen molar-refractivity contribution < 1.29 is 14.3 Å². The van der Waals surface area contributed by atoms with Crippen molar-refractivity contribution in [2.24, 2.45) is 0 Å². The molecule has 0 heterocycles. The lowest BCUT2D eigenvalue weighted by Crippen LogP contribution is -1.67. The van der Waals surface area contributed by atoms with Crippen LogP contribution in [0.1, 0.15) is 0 Å². The molecule has 3 nitrogen and oxygen atoms in total. The molecule has 0 atom stereocenters. The van der Waals surface area contributed by atoms with Crippen molar-refractivity contribution in [2.45, 2.75) is 0 Å². The molecule has 0 unspecified atom stereocenters. The van der Waals surface area contributed by atoms with Crippen LogP contribution in [0.2, 0.25) is 0 Å². The average molecular weight is 106 g/mol. The van der Waals surface area contributed by atoms with Crippen LogP contribution in [0.4, 0.5) is 0 Å². The Labute approximate surface area is 36.6 Å². The minimum atomic E-state index is -2.34. The van der Waals surface area contributed by atoms with Gasteiger partial charge < -0.3 is 14.3 Å². The van der Waals surface area contributed by atoms with Crippen molar-refractivity contribution in [1.29, 1.82) is 0 Å². The lowest BCUT2D eigenvalue weighted by atomic mass is 11.3. The summed E-state index contributed by atoms with van der Waals surface area (Å²) in [6, 6.07) is 0. The molecule has 34 valence electrons. The molecule has 0 fully saturated rings. The van der Waals surface area contributed by atoms with Gasteiger partial charge in [0.15, 0.2) is 0 Å². The highest BCUT2D eigenvalue weighted by Gasteiger charge is 1.91. The molecule has 0 saturated heterocycles. The maximum absolute atomic E-state index is 7.81. The Bertz CT molecular complexity index is 63.7. The molecule has 0 radical (unpaired) electrons. The van der Waals surface area contributed by atoms with E-state index in [2.05, 4.69) is 10.9 Å². The van der Waals surface area contributed by atoms with Crippen LogP contribution in [0, 0.1) is 12.5 Å². The van der Waals surface area contributed by atoms with Crippen molar-refractivity contribution in [3.05, 3.63) is 0 Å². The molecule has 0 spiro atoms. The van der Waals surface area contributed by atoms with Crippen molar-refractivity contribution >= 4 is 8.60 Å². The van der Waals surface area contributed by atoms with E-state index in [1.807, 2.05) is 0 Å². The van der Waals surface area contributed by atoms with Crippen molar-refractivity contribution in [3.8, 4) is 12.5 Å². The fourth-order valence-corrected chi connectivity index (χ4v) is 0.141. The molecular weight excluding hydrogens is 103 g/mol. The van der Waals surface area contributed by atoms with Crippen LogP contribution < -0.4 is 0 Å². The van der Waals surface area contributed by atoms with Gasteiger partial charge in [0.05, 0.1) is 0 Å². The molecule has 4 heteroatoms. The lowest BCUT2D eigenvalue weighted by molar-refractivity contribution is 0.358. The highest BCUT2D eigenvalue weighted by Crippen LogP contribution is 2.22. The summed E-state index contributed by atoms with van der Waals surface area (Å²) in [5.41, 5.74) is 0. The molecule has 0 saturated carbocycles. The summed E-state index contributed by atoms with van der Waals surface area (Å²) in [6.07, 6.45) is 6.05. The Morgan fingerprint density at radius 3 is 2.17 bits per heavy atom. The molecule has 0 aliphatic heterocycles. The zero-order chi connectivity index (χ0) is 4.99. The second-order valence-electron chi connectivity index (χ2n) is 0.462. The summed E-state index contributed by atoms with van der Waals surface area (Å²) in [6.45, 7) is 0. The van der Waals surface area contributed by atoms with Gasteiger partial charge in [-0.1, -0.05) is 6.42 Å². The molecule has 0 aromatic heterocycles. The maximum Gasteiger partial charge on any atom is 0.400 e. The minimum Gasteiger partial charge on any atom is -0.373 e. The van der Waals surface area contributed by atoms with Crippen LogP contribution in [-0.2, 0) is 4.52 Å². The van der Waals surface area contributed by atoms with E-state index in [9.17, 15) is 0 Å². The second-order valence-corrected chi connectivity index (χ2v) is 1.15. The predicted octanol–water partition coefficient (Wildman–Crippen LogP) is -0.195. The second kappa shape index (κ2) is 2.92. The number of hydrogen-bond acceptors (Lipinski definition) is 3. The summed E-state index contributed by atoms with van der Waals surface area (Å²) in [5, 5.41) is 0. The fraction of sp³-hybridized carbons (Fsp3) is 0. The quantitative estimate of drug-likeness (QED) is 0.359. The molecule has 0 bridgehead atoms. The summed E-state index contributed by atoms with van der Waals surface area (Å²) in [7, 11) is -2.34. The maximum atomic E-state index is 7.81. The van der Waals surface area contributed by atoms with E-state index >= 15 is 0 Å². The first-order valence-corrected chi connectivity index (χ1v) is 2.24. The van der Waals surface area contributed by atoms with E-state index in [-0.39, 0.29) is 0 Å². The lowest BCUT2D eigenvalue weighted by Gasteiger charge is -1.89. The third-order valence-electron chi connectivity index (χ3n) is 0.134. The van der Waals surface area contributed by atoms with Gasteiger partial charge in [-0.3, -0.25) is 0 Å². The van der Waals surface area contributed by atoms with Crippen molar-refractivity contribution in [1.82, 2.24) is 0 Å². The molecule has 0 aliphatic carbocycles. The highest BCUT2D eigenvalue weighted by atomic mass is 31.2. The standard InChI is InChI=1S/C2H3O3P/c1-2-5-6(3)4/h1,3-4H. The monoisotopic (exact) mass is 106 g/mol. The molecule has 6 heavy (non-hydrogen) atoms. The van der Waals surface area contributed by atoms with E-state index in [1.165, 1.54) is 0 Å². The van der Waals surface area contributed by atoms with Crippen LogP contribution in [0.3, 0.4) is 0 Å². The van der Waals surface area contributed by atoms with Gasteiger partial charge >= 0.3 is 8.60 Å². The van der Waals surface area contributed by atoms with E-state index in [4.69, 9.17) is 9.79 Å². The van der Waals surface area contributed by atoms with Gasteiger partial charge in [-0.2, -0.15) is 0 Å². The van der Waals surface area contributed by atoms with E-state index < -0.39 is 8.60 Å². The van der Waals surface area contributed by atoms with Crippen LogP contribution in [0.25, 0.3) is 0 Å². The third-order valence-corrected chi connectivity index (χ3v) is 0.403. The van der Waals surface area contributed by atoms with Crippen molar-refractivity contribution in [2.75, 3.05) is 0 Å². The Hall–Kier alpha value is -0.290. The first-order valence-electron chi connectivity index (χ1n) is 1.08. The average Bonchev–Trinajstić information content (AvgIpc) is 1.35. The van der Waals surface area contributed by atoms with E-state index in [0.717, 1.165) is 0 Å². The molecule has 0 aromatic carbocycles. The topological polar surface area (TPSA) is 49.7 Å². The van der Waals surface area contributed by atoms with Gasteiger partial charge in [-0.15, -0.1) is 0 Å². The smallest absolute Gasteiger partial charge is 0.373 e. The van der Waals surface area contributed by atoms with Gasteiger partial charge in [0.2, 0.25) is 0 Å². The van der Waals surface area contributed by atoms with E-state index in [1.54, 1.807) is 6.11 Å². The Morgan fingerprint density at radius 2 is 2.17 bits per heavy atom. The summed E-state index contributed by atoms with van der Waals surface area (Å²) in [4.78, 5) is 15.6. The Balaban J connectivity index is 2.88. The van der Waals surface area contributed by atoms with Gasteiger partial charge in [-0.25, -0.2) is 0 Å². The first kappa shape index (κ1) is 5.71. The number of terminal acetylenes is 1. The van der Waals surface area contributed by atoms with Crippen LogP contribution >= 0.6 is 8.60 Å². The third kappa shape index (κ3) is 3.71. The first-order chi connectivity index (χ1) is 2.77. The Kier molecular flexibility index (Phi) is 2.78. The SMILES string of the molecule is C#COP(O)O. The fourth-order valence-electron chi connectivity index (χ4n) is 0.0471. The van der Waals surface area contributed by atoms with Gasteiger partial charge in [0.25, 0.3) is 0 Å². The normalized spacial score (nSPS) is 7.67. The molecule has 0 rings (SSSR count). The largest absolute Gasteiger partial charge is 0.400 e. The van der Waals surface area contributed by atoms with Gasteiger partial charge in [0, 0.05) is 0 Å². The van der Waals surface area contributed by atoms with E-state index in [0.29, 0.717) is 0 Å². The predicted molar refractivity (Wildman–Crippen MR) is 21.3 cm³/mol. The minimum absolute atomic E-state index is 1.60. The zero-order valence-corrected chi connectivity index (χ0v) is 3.72. The van der Waals surface area contributed by atoms with Gasteiger partial charge in [-0.05, 0) is 0 Å². The number of hydrogen-bond donors (Lipinski definition) is 2. The molecule has 0 aliphatic rings. The van der Waals surface area contributed by atoms with Crippen LogP contribution in [0.5, 0.6) is 0 Å². The molecule has 2 N–H and O–H groups in total. The number of rotatable bonds is 1. The van der Waals surface area contributed by atoms with Crippen LogP contribution in [-0.4, -0.2) is 9.79 Å². The van der Waals surface area contributed by atoms with Crippen LogP contribution in [0.15, 0.2) is 0 Å². The molecule has 0 aromatic rings. The Morgan fingerprint density at radius 1 is 1.67 bits per heavy atom. The van der Waals surface area contributed by atoms with Gasteiger partial charge in [0.1, 0.15) is 6.11 Å². The summed E-state index contributed by atoms with van der Waals surface area (Å²) in [5.74, 6) is 0. The summed E-state index contributed by atoms with van der Waals surface area (Å²) >= 11 is 0.